The van der Waals surface area contributed by atoms with Crippen molar-refractivity contribution in [1.82, 2.24) is 0 Å². The minimum absolute atomic E-state index is 0.200. The number of rotatable bonds is 1. The molecule has 4 aromatic rings. The molecule has 180 valence electrons. The van der Waals surface area contributed by atoms with E-state index in [2.05, 4.69) is 69.3 Å². The fraction of sp³-hybridized carbons (Fsp3) is 0.387. The van der Waals surface area contributed by atoms with Crippen LogP contribution in [0.15, 0.2) is 82.0 Å². The Kier molecular flexibility index (Phi) is 15.3. The standard InChI is InChI=1S/C13H14O2.C10H8.C4H10.2C2H6/c1-8(2)11-7-10-6-9(3)4-5-12(10)15-13(11)14;1-2-6-10-8-4-3-7-9(10)5-1;1-4(2)3;2*1-2/h4-8H,1-3H3;1-8H;4H,1-3H3;2*1-2H3. The van der Waals surface area contributed by atoms with E-state index in [4.69, 9.17) is 4.42 Å². The van der Waals surface area contributed by atoms with E-state index < -0.39 is 0 Å². The smallest absolute Gasteiger partial charge is 0.339 e. The van der Waals surface area contributed by atoms with E-state index in [9.17, 15) is 4.79 Å². The van der Waals surface area contributed by atoms with Gasteiger partial charge in [0, 0.05) is 10.9 Å². The van der Waals surface area contributed by atoms with Crippen LogP contribution in [-0.2, 0) is 0 Å². The first kappa shape index (κ1) is 30.1. The van der Waals surface area contributed by atoms with E-state index in [1.165, 1.54) is 16.3 Å². The van der Waals surface area contributed by atoms with Crippen molar-refractivity contribution in [1.29, 1.82) is 0 Å². The van der Waals surface area contributed by atoms with Crippen molar-refractivity contribution < 1.29 is 4.42 Å². The summed E-state index contributed by atoms with van der Waals surface area (Å²) in [6.45, 7) is 20.5. The van der Waals surface area contributed by atoms with Crippen LogP contribution in [0.2, 0.25) is 0 Å². The van der Waals surface area contributed by atoms with Crippen LogP contribution < -0.4 is 5.63 Å². The van der Waals surface area contributed by atoms with Crippen LogP contribution in [0.1, 0.15) is 79.4 Å². The highest BCUT2D eigenvalue weighted by Crippen LogP contribution is 2.19. The summed E-state index contributed by atoms with van der Waals surface area (Å²) in [5.74, 6) is 1.03. The summed E-state index contributed by atoms with van der Waals surface area (Å²) in [6, 6.07) is 24.5. The molecule has 0 aliphatic heterocycles. The second-order valence-electron chi connectivity index (χ2n) is 8.26. The van der Waals surface area contributed by atoms with E-state index in [-0.39, 0.29) is 11.5 Å². The first-order valence-corrected chi connectivity index (χ1v) is 12.3. The lowest BCUT2D eigenvalue weighted by molar-refractivity contribution is 0.544. The summed E-state index contributed by atoms with van der Waals surface area (Å²) in [6.07, 6.45) is 0. The third-order valence-corrected chi connectivity index (χ3v) is 4.20. The topological polar surface area (TPSA) is 30.2 Å². The first-order chi connectivity index (χ1) is 15.8. The van der Waals surface area contributed by atoms with Gasteiger partial charge in [-0.15, -0.1) is 0 Å². The average molecular weight is 449 g/mol. The Morgan fingerprint density at radius 1 is 0.636 bits per heavy atom. The summed E-state index contributed by atoms with van der Waals surface area (Å²) in [5, 5.41) is 3.62. The van der Waals surface area contributed by atoms with Crippen LogP contribution >= 0.6 is 0 Å². The molecule has 0 bridgehead atoms. The third-order valence-electron chi connectivity index (χ3n) is 4.20. The lowest BCUT2D eigenvalue weighted by Gasteiger charge is -2.05. The number of hydrogen-bond donors (Lipinski definition) is 0. The van der Waals surface area contributed by atoms with Crippen molar-refractivity contribution in [2.45, 2.75) is 75.2 Å². The Morgan fingerprint density at radius 3 is 1.45 bits per heavy atom. The SMILES string of the molecule is CC.CC.CC(C)C.Cc1ccc2oc(=O)c(C(C)C)cc2c1.c1ccc2ccccc2c1. The van der Waals surface area contributed by atoms with Gasteiger partial charge in [-0.25, -0.2) is 4.79 Å². The second kappa shape index (κ2) is 16.7. The maximum atomic E-state index is 11.6. The molecule has 0 N–H and O–H groups in total. The number of aryl methyl sites for hydroxylation is 1. The first-order valence-electron chi connectivity index (χ1n) is 12.3. The van der Waals surface area contributed by atoms with Gasteiger partial charge in [-0.1, -0.05) is 122 Å². The minimum Gasteiger partial charge on any atom is -0.423 e. The van der Waals surface area contributed by atoms with Gasteiger partial charge >= 0.3 is 5.63 Å². The molecule has 2 nitrogen and oxygen atoms in total. The van der Waals surface area contributed by atoms with Gasteiger partial charge in [0.15, 0.2) is 0 Å². The number of benzene rings is 3. The number of hydrogen-bond acceptors (Lipinski definition) is 2. The van der Waals surface area contributed by atoms with E-state index in [0.717, 1.165) is 16.9 Å². The van der Waals surface area contributed by atoms with Gasteiger partial charge in [-0.2, -0.15) is 0 Å². The molecule has 0 aliphatic rings. The van der Waals surface area contributed by atoms with Crippen LogP contribution in [0.3, 0.4) is 0 Å². The number of fused-ring (bicyclic) bond motifs is 2. The molecule has 4 rings (SSSR count). The molecular weight excluding hydrogens is 404 g/mol. The molecule has 0 saturated carbocycles. The fourth-order valence-electron chi connectivity index (χ4n) is 2.79. The van der Waals surface area contributed by atoms with Crippen LogP contribution in [0.25, 0.3) is 21.7 Å². The minimum atomic E-state index is -0.221. The second-order valence-corrected chi connectivity index (χ2v) is 8.26. The molecule has 2 heteroatoms. The maximum absolute atomic E-state index is 11.6. The lowest BCUT2D eigenvalue weighted by atomic mass is 10.0. The summed E-state index contributed by atoms with van der Waals surface area (Å²) >= 11 is 0. The molecule has 0 saturated heterocycles. The van der Waals surface area contributed by atoms with Crippen molar-refractivity contribution in [3.05, 3.63) is 94.3 Å². The highest BCUT2D eigenvalue weighted by Gasteiger charge is 2.08. The van der Waals surface area contributed by atoms with Crippen LogP contribution in [0, 0.1) is 12.8 Å². The van der Waals surface area contributed by atoms with E-state index in [1.54, 1.807) is 0 Å². The predicted octanol–water partition coefficient (Wildman–Crippen LogP) is 9.78. The van der Waals surface area contributed by atoms with Gasteiger partial charge in [-0.05, 0) is 47.7 Å². The molecular formula is C31H44O2. The van der Waals surface area contributed by atoms with Crippen LogP contribution in [0.4, 0.5) is 0 Å². The fourth-order valence-corrected chi connectivity index (χ4v) is 2.79. The summed E-state index contributed by atoms with van der Waals surface area (Å²) in [5.41, 5.74) is 2.36. The van der Waals surface area contributed by atoms with Gasteiger partial charge in [0.1, 0.15) is 5.58 Å². The van der Waals surface area contributed by atoms with Crippen LogP contribution in [-0.4, -0.2) is 0 Å². The Morgan fingerprint density at radius 2 is 1.06 bits per heavy atom. The Labute approximate surface area is 201 Å². The molecule has 1 aromatic heterocycles. The Bertz CT molecular complexity index is 1040. The summed E-state index contributed by atoms with van der Waals surface area (Å²) in [4.78, 5) is 11.6. The highest BCUT2D eigenvalue weighted by atomic mass is 16.4. The molecule has 1 heterocycles. The normalized spacial score (nSPS) is 9.58. The monoisotopic (exact) mass is 448 g/mol. The predicted molar refractivity (Wildman–Crippen MR) is 148 cm³/mol. The molecule has 0 unspecified atom stereocenters. The Balaban J connectivity index is 0.000000491. The molecule has 3 aromatic carbocycles. The molecule has 0 spiro atoms. The summed E-state index contributed by atoms with van der Waals surface area (Å²) in [7, 11) is 0. The summed E-state index contributed by atoms with van der Waals surface area (Å²) < 4.78 is 5.25. The third kappa shape index (κ3) is 11.0. The van der Waals surface area contributed by atoms with Crippen molar-refractivity contribution in [3.63, 3.8) is 0 Å². The van der Waals surface area contributed by atoms with Crippen LogP contribution in [0.5, 0.6) is 0 Å². The largest absolute Gasteiger partial charge is 0.423 e. The lowest BCUT2D eigenvalue weighted by Crippen LogP contribution is -2.08. The van der Waals surface area contributed by atoms with Gasteiger partial charge in [0.2, 0.25) is 0 Å². The van der Waals surface area contributed by atoms with E-state index >= 15 is 0 Å². The van der Waals surface area contributed by atoms with Gasteiger partial charge in [0.05, 0.1) is 0 Å². The zero-order valence-corrected chi connectivity index (χ0v) is 22.4. The molecule has 0 radical (unpaired) electrons. The van der Waals surface area contributed by atoms with Crippen molar-refractivity contribution in [2.24, 2.45) is 5.92 Å². The molecule has 0 amide bonds. The average Bonchev–Trinajstić information content (AvgIpc) is 2.81. The molecule has 0 aliphatic carbocycles. The van der Waals surface area contributed by atoms with E-state index in [0.29, 0.717) is 5.58 Å². The Hall–Kier alpha value is -2.87. The quantitative estimate of drug-likeness (QED) is 0.271. The molecule has 0 fully saturated rings. The molecule has 33 heavy (non-hydrogen) atoms. The van der Waals surface area contributed by atoms with E-state index in [1.807, 2.05) is 72.7 Å². The maximum Gasteiger partial charge on any atom is 0.339 e. The highest BCUT2D eigenvalue weighted by molar-refractivity contribution is 5.82. The van der Waals surface area contributed by atoms with Crippen molar-refractivity contribution in [2.75, 3.05) is 0 Å². The van der Waals surface area contributed by atoms with Gasteiger partial charge in [0.25, 0.3) is 0 Å². The van der Waals surface area contributed by atoms with Gasteiger partial charge in [-0.3, -0.25) is 0 Å². The van der Waals surface area contributed by atoms with Gasteiger partial charge < -0.3 is 4.42 Å². The van der Waals surface area contributed by atoms with Crippen molar-refractivity contribution in [3.8, 4) is 0 Å². The van der Waals surface area contributed by atoms with Crippen molar-refractivity contribution >= 4 is 21.7 Å². The zero-order chi connectivity index (χ0) is 25.4. The zero-order valence-electron chi connectivity index (χ0n) is 22.4. The molecule has 0 atom stereocenters.